The molecular weight excluding hydrogens is 318 g/mol. The molecule has 0 amide bonds. The molecule has 0 bridgehead atoms. The molecule has 1 heterocycles. The van der Waals surface area contributed by atoms with Crippen molar-refractivity contribution in [2.75, 3.05) is 7.11 Å². The quantitative estimate of drug-likeness (QED) is 0.773. The van der Waals surface area contributed by atoms with Crippen molar-refractivity contribution in [2.45, 2.75) is 0 Å². The molecule has 4 heteroatoms. The van der Waals surface area contributed by atoms with E-state index in [0.29, 0.717) is 9.86 Å². The Morgan fingerprint density at radius 1 is 1.05 bits per heavy atom. The molecule has 0 saturated carbocycles. The van der Waals surface area contributed by atoms with Crippen LogP contribution >= 0.6 is 15.9 Å². The van der Waals surface area contributed by atoms with Gasteiger partial charge in [0.25, 0.3) is 0 Å². The molecule has 0 saturated heterocycles. The molecule has 3 nitrogen and oxygen atoms in total. The molecule has 0 unspecified atom stereocenters. The van der Waals surface area contributed by atoms with Crippen molar-refractivity contribution in [2.24, 2.45) is 0 Å². The first-order valence-corrected chi connectivity index (χ1v) is 6.95. The number of methoxy groups -OCH3 is 1. The van der Waals surface area contributed by atoms with E-state index in [-0.39, 0.29) is 5.43 Å². The number of benzene rings is 2. The van der Waals surface area contributed by atoms with E-state index in [1.165, 1.54) is 0 Å². The van der Waals surface area contributed by atoms with E-state index in [9.17, 15) is 4.79 Å². The summed E-state index contributed by atoms with van der Waals surface area (Å²) in [5, 5.41) is 0.677. The number of fused-ring (bicyclic) bond motifs is 1. The Balaban J connectivity index is 2.25. The zero-order valence-corrected chi connectivity index (χ0v) is 12.4. The van der Waals surface area contributed by atoms with Crippen LogP contribution in [0.3, 0.4) is 0 Å². The largest absolute Gasteiger partial charge is 0.497 e. The van der Waals surface area contributed by atoms with E-state index in [2.05, 4.69) is 20.9 Å². The van der Waals surface area contributed by atoms with E-state index in [0.717, 1.165) is 22.5 Å². The predicted molar refractivity (Wildman–Crippen MR) is 84.3 cm³/mol. The molecule has 0 fully saturated rings. The minimum atomic E-state index is -0.00910. The van der Waals surface area contributed by atoms with Gasteiger partial charge in [0, 0.05) is 10.9 Å². The van der Waals surface area contributed by atoms with E-state index < -0.39 is 0 Å². The number of para-hydroxylation sites is 1. The van der Waals surface area contributed by atoms with Crippen molar-refractivity contribution in [3.63, 3.8) is 0 Å². The Morgan fingerprint density at radius 3 is 2.45 bits per heavy atom. The molecular formula is C16H12BrNO2. The third kappa shape index (κ3) is 2.12. The number of hydrogen-bond acceptors (Lipinski definition) is 2. The third-order valence-corrected chi connectivity index (χ3v) is 3.99. The van der Waals surface area contributed by atoms with Gasteiger partial charge in [-0.2, -0.15) is 0 Å². The van der Waals surface area contributed by atoms with Crippen molar-refractivity contribution < 1.29 is 4.74 Å². The van der Waals surface area contributed by atoms with Crippen LogP contribution in [0, 0.1) is 0 Å². The number of H-pyrrole nitrogens is 1. The highest BCUT2D eigenvalue weighted by atomic mass is 79.9. The second kappa shape index (κ2) is 5.13. The minimum Gasteiger partial charge on any atom is -0.497 e. The van der Waals surface area contributed by atoms with Gasteiger partial charge in [0.15, 0.2) is 0 Å². The fourth-order valence-corrected chi connectivity index (χ4v) is 2.71. The molecule has 0 aliphatic carbocycles. The molecule has 100 valence electrons. The minimum absolute atomic E-state index is 0.00910. The van der Waals surface area contributed by atoms with Gasteiger partial charge in [0.1, 0.15) is 5.75 Å². The third-order valence-electron chi connectivity index (χ3n) is 3.23. The van der Waals surface area contributed by atoms with Gasteiger partial charge in [0.2, 0.25) is 5.43 Å². The first-order valence-electron chi connectivity index (χ1n) is 6.15. The van der Waals surface area contributed by atoms with Crippen molar-refractivity contribution in [3.8, 4) is 17.0 Å². The topological polar surface area (TPSA) is 42.1 Å². The van der Waals surface area contributed by atoms with Crippen LogP contribution in [-0.2, 0) is 0 Å². The number of aromatic nitrogens is 1. The van der Waals surface area contributed by atoms with E-state index in [1.807, 2.05) is 48.5 Å². The number of aromatic amines is 1. The van der Waals surface area contributed by atoms with Crippen LogP contribution in [-0.4, -0.2) is 12.1 Å². The lowest BCUT2D eigenvalue weighted by atomic mass is 10.1. The van der Waals surface area contributed by atoms with Crippen molar-refractivity contribution in [1.29, 1.82) is 0 Å². The van der Waals surface area contributed by atoms with Gasteiger partial charge in [-0.3, -0.25) is 4.79 Å². The van der Waals surface area contributed by atoms with Gasteiger partial charge in [0.05, 0.1) is 17.3 Å². The van der Waals surface area contributed by atoms with Crippen LogP contribution in [0.1, 0.15) is 0 Å². The van der Waals surface area contributed by atoms with Crippen molar-refractivity contribution >= 4 is 26.8 Å². The number of halogens is 1. The summed E-state index contributed by atoms with van der Waals surface area (Å²) >= 11 is 3.40. The second-order valence-electron chi connectivity index (χ2n) is 4.42. The Morgan fingerprint density at radius 2 is 1.75 bits per heavy atom. The Bertz CT molecular complexity index is 822. The number of pyridine rings is 1. The summed E-state index contributed by atoms with van der Waals surface area (Å²) in [7, 11) is 1.63. The molecule has 0 aliphatic rings. The Hall–Kier alpha value is -2.07. The molecule has 0 spiro atoms. The van der Waals surface area contributed by atoms with Crippen molar-refractivity contribution in [3.05, 3.63) is 63.2 Å². The molecule has 1 aromatic heterocycles. The summed E-state index contributed by atoms with van der Waals surface area (Å²) < 4.78 is 5.69. The zero-order chi connectivity index (χ0) is 14.1. The van der Waals surface area contributed by atoms with E-state index >= 15 is 0 Å². The molecule has 2 aromatic carbocycles. The lowest BCUT2D eigenvalue weighted by molar-refractivity contribution is 0.415. The maximum absolute atomic E-state index is 12.4. The van der Waals surface area contributed by atoms with Gasteiger partial charge in [-0.1, -0.05) is 12.1 Å². The lowest BCUT2D eigenvalue weighted by Gasteiger charge is -2.08. The highest BCUT2D eigenvalue weighted by Gasteiger charge is 2.11. The fraction of sp³-hybridized carbons (Fsp3) is 0.0625. The average molecular weight is 330 g/mol. The monoisotopic (exact) mass is 329 g/mol. The average Bonchev–Trinajstić information content (AvgIpc) is 2.51. The normalized spacial score (nSPS) is 10.7. The van der Waals surface area contributed by atoms with Gasteiger partial charge < -0.3 is 9.72 Å². The smallest absolute Gasteiger partial charge is 0.204 e. The first kappa shape index (κ1) is 12.9. The van der Waals surface area contributed by atoms with Gasteiger partial charge in [-0.25, -0.2) is 0 Å². The molecule has 1 N–H and O–H groups in total. The summed E-state index contributed by atoms with van der Waals surface area (Å²) in [4.78, 5) is 15.7. The fourth-order valence-electron chi connectivity index (χ4n) is 2.17. The van der Waals surface area contributed by atoms with Crippen LogP contribution in [0.15, 0.2) is 57.8 Å². The zero-order valence-electron chi connectivity index (χ0n) is 10.8. The Labute approximate surface area is 124 Å². The molecule has 3 rings (SSSR count). The van der Waals surface area contributed by atoms with Gasteiger partial charge >= 0.3 is 0 Å². The van der Waals surface area contributed by atoms with Crippen LogP contribution in [0.2, 0.25) is 0 Å². The number of ether oxygens (including phenoxy) is 1. The number of nitrogens with one attached hydrogen (secondary N) is 1. The second-order valence-corrected chi connectivity index (χ2v) is 5.21. The van der Waals surface area contributed by atoms with Crippen LogP contribution in [0.4, 0.5) is 0 Å². The highest BCUT2D eigenvalue weighted by Crippen LogP contribution is 2.27. The van der Waals surface area contributed by atoms with Crippen LogP contribution in [0.5, 0.6) is 5.75 Å². The van der Waals surface area contributed by atoms with E-state index in [1.54, 1.807) is 7.11 Å². The summed E-state index contributed by atoms with van der Waals surface area (Å²) in [5.41, 5.74) is 2.52. The molecule has 0 atom stereocenters. The molecule has 3 aromatic rings. The van der Waals surface area contributed by atoms with Gasteiger partial charge in [-0.05, 0) is 57.9 Å². The van der Waals surface area contributed by atoms with Crippen LogP contribution < -0.4 is 10.2 Å². The predicted octanol–water partition coefficient (Wildman–Crippen LogP) is 3.97. The Kier molecular flexibility index (Phi) is 3.32. The maximum Gasteiger partial charge on any atom is 0.204 e. The van der Waals surface area contributed by atoms with Gasteiger partial charge in [-0.15, -0.1) is 0 Å². The first-order chi connectivity index (χ1) is 9.70. The number of rotatable bonds is 2. The number of hydrogen-bond donors (Lipinski definition) is 1. The standard InChI is InChI=1S/C16H12BrNO2/c1-20-11-8-6-10(7-9-11)15-14(17)16(19)12-4-2-3-5-13(12)18-15/h2-9H,1H3,(H,18,19). The van der Waals surface area contributed by atoms with Crippen LogP contribution in [0.25, 0.3) is 22.2 Å². The SMILES string of the molecule is COc1ccc(-c2[nH]c3ccccc3c(=O)c2Br)cc1. The molecule has 0 aliphatic heterocycles. The summed E-state index contributed by atoms with van der Waals surface area (Å²) in [6, 6.07) is 15.1. The summed E-state index contributed by atoms with van der Waals surface area (Å²) in [6.45, 7) is 0. The maximum atomic E-state index is 12.4. The summed E-state index contributed by atoms with van der Waals surface area (Å²) in [5.74, 6) is 0.785. The lowest BCUT2D eigenvalue weighted by Crippen LogP contribution is -2.06. The molecule has 0 radical (unpaired) electrons. The highest BCUT2D eigenvalue weighted by molar-refractivity contribution is 9.10. The van der Waals surface area contributed by atoms with E-state index in [4.69, 9.17) is 4.74 Å². The molecule has 20 heavy (non-hydrogen) atoms. The summed E-state index contributed by atoms with van der Waals surface area (Å²) in [6.07, 6.45) is 0. The van der Waals surface area contributed by atoms with Crippen molar-refractivity contribution in [1.82, 2.24) is 4.98 Å².